The minimum atomic E-state index is -1.03. The number of rotatable bonds is 7. The average Bonchev–Trinajstić information content (AvgIpc) is 3.61. The van der Waals surface area contributed by atoms with Gasteiger partial charge in [-0.3, -0.25) is 19.1 Å². The zero-order valence-corrected chi connectivity index (χ0v) is 21.1. The van der Waals surface area contributed by atoms with Gasteiger partial charge in [0.05, 0.1) is 24.0 Å². The van der Waals surface area contributed by atoms with Crippen LogP contribution in [0.25, 0.3) is 0 Å². The lowest BCUT2D eigenvalue weighted by Gasteiger charge is -2.42. The molecule has 5 rings (SSSR count). The predicted molar refractivity (Wildman–Crippen MR) is 136 cm³/mol. The molecule has 2 fully saturated rings. The molecular formula is C26H32ClN5O4. The summed E-state index contributed by atoms with van der Waals surface area (Å²) >= 11 is 5.95. The molecule has 0 bridgehead atoms. The van der Waals surface area contributed by atoms with Crippen molar-refractivity contribution in [1.29, 1.82) is 0 Å². The van der Waals surface area contributed by atoms with Gasteiger partial charge in [-0.25, -0.2) is 0 Å². The molecule has 10 heteroatoms. The fourth-order valence-electron chi connectivity index (χ4n) is 4.99. The highest BCUT2D eigenvalue weighted by molar-refractivity contribution is 6.30. The number of likely N-dealkylation sites (tertiary alicyclic amines) is 1. The molecule has 2 aromatic rings. The van der Waals surface area contributed by atoms with Gasteiger partial charge in [0.1, 0.15) is 12.4 Å². The molecule has 1 atom stereocenters. The van der Waals surface area contributed by atoms with Crippen LogP contribution in [0.15, 0.2) is 36.5 Å². The van der Waals surface area contributed by atoms with E-state index in [9.17, 15) is 19.5 Å². The van der Waals surface area contributed by atoms with Crippen LogP contribution in [-0.2, 0) is 9.59 Å². The third kappa shape index (κ3) is 5.37. The molecule has 36 heavy (non-hydrogen) atoms. The number of carbonyl (C=O) groups excluding carboxylic acids is 3. The first-order valence-electron chi connectivity index (χ1n) is 12.5. The van der Waals surface area contributed by atoms with Crippen molar-refractivity contribution in [2.24, 2.45) is 5.92 Å². The molecule has 9 nitrogen and oxygen atoms in total. The summed E-state index contributed by atoms with van der Waals surface area (Å²) in [5.74, 6) is 0.0246. The predicted octanol–water partition coefficient (Wildman–Crippen LogP) is 2.99. The van der Waals surface area contributed by atoms with Crippen molar-refractivity contribution in [3.63, 3.8) is 0 Å². The van der Waals surface area contributed by atoms with Crippen molar-refractivity contribution >= 4 is 35.0 Å². The van der Waals surface area contributed by atoms with Crippen LogP contribution in [0.5, 0.6) is 0 Å². The van der Waals surface area contributed by atoms with Gasteiger partial charge in [-0.1, -0.05) is 30.7 Å². The Hall–Kier alpha value is -3.04. The Balaban J connectivity index is 1.16. The summed E-state index contributed by atoms with van der Waals surface area (Å²) in [5.41, 5.74) is 4.08. The number of β-amino-alcohol motifs (C(OH)–C–C–N with tert-alkyl or cyclic N) is 1. The fourth-order valence-corrected chi connectivity index (χ4v) is 5.12. The van der Waals surface area contributed by atoms with E-state index in [1.807, 2.05) is 36.1 Å². The zero-order chi connectivity index (χ0) is 25.4. The highest BCUT2D eigenvalue weighted by Crippen LogP contribution is 2.33. The van der Waals surface area contributed by atoms with Gasteiger partial charge in [-0.2, -0.15) is 0 Å². The van der Waals surface area contributed by atoms with Gasteiger partial charge in [0.15, 0.2) is 0 Å². The van der Waals surface area contributed by atoms with E-state index in [1.165, 1.54) is 0 Å². The van der Waals surface area contributed by atoms with Crippen LogP contribution >= 0.6 is 11.6 Å². The molecule has 3 N–H and O–H groups in total. The number of aromatic nitrogens is 1. The van der Waals surface area contributed by atoms with E-state index < -0.39 is 5.60 Å². The Kier molecular flexibility index (Phi) is 6.70. The van der Waals surface area contributed by atoms with E-state index in [1.54, 1.807) is 21.8 Å². The van der Waals surface area contributed by atoms with E-state index >= 15 is 0 Å². The van der Waals surface area contributed by atoms with Gasteiger partial charge in [0.2, 0.25) is 11.8 Å². The van der Waals surface area contributed by atoms with E-state index in [0.717, 1.165) is 18.4 Å². The number of fused-ring (bicyclic) bond motifs is 1. The summed E-state index contributed by atoms with van der Waals surface area (Å²) in [5, 5.41) is 14.7. The molecule has 3 aliphatic rings. The van der Waals surface area contributed by atoms with Crippen LogP contribution in [0.3, 0.4) is 0 Å². The number of piperidine rings is 1. The number of nitrogens with zero attached hydrogens (tertiary/aromatic N) is 3. The van der Waals surface area contributed by atoms with Crippen molar-refractivity contribution in [2.45, 2.75) is 50.5 Å². The molecule has 0 radical (unpaired) electrons. The van der Waals surface area contributed by atoms with Crippen LogP contribution < -0.4 is 10.7 Å². The van der Waals surface area contributed by atoms with Gasteiger partial charge in [0.25, 0.3) is 5.91 Å². The van der Waals surface area contributed by atoms with Crippen molar-refractivity contribution in [3.8, 4) is 0 Å². The quantitative estimate of drug-likeness (QED) is 0.527. The molecule has 1 unspecified atom stereocenters. The van der Waals surface area contributed by atoms with E-state index in [0.29, 0.717) is 48.8 Å². The maximum absolute atomic E-state index is 13.2. The van der Waals surface area contributed by atoms with Crippen LogP contribution in [0, 0.1) is 5.92 Å². The second kappa shape index (κ2) is 9.78. The first kappa shape index (κ1) is 24.6. The smallest absolute Gasteiger partial charge is 0.274 e. The third-order valence-corrected chi connectivity index (χ3v) is 7.64. The lowest BCUT2D eigenvalue weighted by atomic mass is 9.90. The molecule has 3 heterocycles. The molecule has 1 saturated heterocycles. The van der Waals surface area contributed by atoms with E-state index in [4.69, 9.17) is 11.6 Å². The number of amides is 3. The number of hydrogen-bond donors (Lipinski definition) is 3. The maximum Gasteiger partial charge on any atom is 0.274 e. The van der Waals surface area contributed by atoms with Gasteiger partial charge in [-0.15, -0.1) is 0 Å². The minimum Gasteiger partial charge on any atom is -0.388 e. The number of carbonyl (C=O) groups is 3. The Morgan fingerprint density at radius 3 is 2.58 bits per heavy atom. The zero-order valence-electron chi connectivity index (χ0n) is 20.4. The minimum absolute atomic E-state index is 0.0153. The first-order chi connectivity index (χ1) is 17.2. The van der Waals surface area contributed by atoms with Crippen molar-refractivity contribution < 1.29 is 19.5 Å². The second-order valence-corrected chi connectivity index (χ2v) is 10.8. The summed E-state index contributed by atoms with van der Waals surface area (Å²) < 4.78 is 1.61. The molecule has 3 amide bonds. The number of halogens is 1. The standard InChI is InChI=1S/C26H32ClN5O4/c1-17(18-4-6-20(27)7-5-18)12-23(33)29-21-13-22-25(35)31(16-28-32(22)14-21)15-26(36)8-10-30(11-9-26)24(34)19-2-3-19/h4-7,13-14,17,19,28,36H,2-3,8-12,15-16H2,1H3,(H,29,33). The lowest BCUT2D eigenvalue weighted by Crippen LogP contribution is -2.56. The average molecular weight is 514 g/mol. The number of anilines is 1. The van der Waals surface area contributed by atoms with Crippen LogP contribution in [-0.4, -0.2) is 69.2 Å². The van der Waals surface area contributed by atoms with Crippen molar-refractivity contribution in [2.75, 3.05) is 37.0 Å². The highest BCUT2D eigenvalue weighted by atomic mass is 35.5. The number of benzene rings is 1. The van der Waals surface area contributed by atoms with Gasteiger partial charge in [0, 0.05) is 30.5 Å². The molecule has 1 aromatic carbocycles. The number of hydrogen-bond acceptors (Lipinski definition) is 5. The molecule has 2 aliphatic heterocycles. The molecule has 1 aliphatic carbocycles. The largest absolute Gasteiger partial charge is 0.388 e. The van der Waals surface area contributed by atoms with Gasteiger partial charge >= 0.3 is 0 Å². The maximum atomic E-state index is 13.2. The summed E-state index contributed by atoms with van der Waals surface area (Å²) in [6, 6.07) is 9.09. The molecule has 0 spiro atoms. The first-order valence-corrected chi connectivity index (χ1v) is 12.9. The molecular weight excluding hydrogens is 482 g/mol. The molecule has 192 valence electrons. The van der Waals surface area contributed by atoms with Crippen LogP contribution in [0.4, 0.5) is 5.69 Å². The molecule has 1 aromatic heterocycles. The van der Waals surface area contributed by atoms with Crippen LogP contribution in [0.1, 0.15) is 61.0 Å². The van der Waals surface area contributed by atoms with E-state index in [-0.39, 0.29) is 42.8 Å². The monoisotopic (exact) mass is 513 g/mol. The Bertz CT molecular complexity index is 1150. The SMILES string of the molecule is CC(CC(=O)Nc1cc2n(c1)NCN(CC1(O)CCN(C(=O)C3CC3)CC1)C2=O)c1ccc(Cl)cc1. The fraction of sp³-hybridized carbons (Fsp3) is 0.500. The van der Waals surface area contributed by atoms with Gasteiger partial charge in [-0.05, 0) is 55.4 Å². The summed E-state index contributed by atoms with van der Waals surface area (Å²) in [6.45, 7) is 3.45. The van der Waals surface area contributed by atoms with Gasteiger partial charge < -0.3 is 25.6 Å². The highest BCUT2D eigenvalue weighted by Gasteiger charge is 2.41. The third-order valence-electron chi connectivity index (χ3n) is 7.39. The Morgan fingerprint density at radius 1 is 1.22 bits per heavy atom. The number of aliphatic hydroxyl groups is 1. The number of nitrogens with one attached hydrogen (secondary N) is 2. The topological polar surface area (TPSA) is 107 Å². The summed E-state index contributed by atoms with van der Waals surface area (Å²) in [6.07, 6.45) is 4.82. The normalized spacial score (nSPS) is 19.9. The van der Waals surface area contributed by atoms with Crippen molar-refractivity contribution in [1.82, 2.24) is 14.5 Å². The Morgan fingerprint density at radius 2 is 1.92 bits per heavy atom. The van der Waals surface area contributed by atoms with E-state index in [2.05, 4.69) is 10.7 Å². The van der Waals surface area contributed by atoms with Crippen LogP contribution in [0.2, 0.25) is 5.02 Å². The van der Waals surface area contributed by atoms with Crippen molar-refractivity contribution in [3.05, 3.63) is 52.8 Å². The molecule has 1 saturated carbocycles. The Labute approximate surface area is 215 Å². The lowest BCUT2D eigenvalue weighted by molar-refractivity contribution is -0.137. The second-order valence-electron chi connectivity index (χ2n) is 10.3. The summed E-state index contributed by atoms with van der Waals surface area (Å²) in [4.78, 5) is 41.5. The summed E-state index contributed by atoms with van der Waals surface area (Å²) in [7, 11) is 0.